The van der Waals surface area contributed by atoms with Gasteiger partial charge in [-0.25, -0.2) is 0 Å². The van der Waals surface area contributed by atoms with Gasteiger partial charge in [-0.15, -0.1) is 11.3 Å². The van der Waals surface area contributed by atoms with Crippen molar-refractivity contribution < 1.29 is 0 Å². The van der Waals surface area contributed by atoms with Crippen LogP contribution >= 0.6 is 11.3 Å². The monoisotopic (exact) mass is 603 g/mol. The SMILES string of the molecule is c1ccc(-c2ccc(N(c3cccc4ccccc34)c3cc4c(sc5cccc(-c6ccccc6)c54)c4ccccc34)cc2)cc1. The van der Waals surface area contributed by atoms with Crippen LogP contribution in [0.5, 0.6) is 0 Å². The van der Waals surface area contributed by atoms with Crippen LogP contribution in [0, 0.1) is 0 Å². The van der Waals surface area contributed by atoms with Crippen LogP contribution in [0.2, 0.25) is 0 Å². The van der Waals surface area contributed by atoms with Gasteiger partial charge in [0, 0.05) is 42.0 Å². The number of hydrogen-bond donors (Lipinski definition) is 0. The minimum absolute atomic E-state index is 1.13. The first-order chi connectivity index (χ1) is 22.8. The molecule has 1 aromatic heterocycles. The van der Waals surface area contributed by atoms with Gasteiger partial charge in [0.1, 0.15) is 0 Å². The Bertz CT molecular complexity index is 2510. The highest BCUT2D eigenvalue weighted by Gasteiger charge is 2.22. The second kappa shape index (κ2) is 11.0. The first-order valence-corrected chi connectivity index (χ1v) is 16.5. The zero-order chi connectivity index (χ0) is 30.5. The summed E-state index contributed by atoms with van der Waals surface area (Å²) in [6.45, 7) is 0. The van der Waals surface area contributed by atoms with Crippen molar-refractivity contribution in [1.29, 1.82) is 0 Å². The van der Waals surface area contributed by atoms with Crippen LogP contribution in [0.3, 0.4) is 0 Å². The molecule has 9 aromatic rings. The standard InChI is InChI=1S/C44H29NS/c1-3-13-30(14-4-1)31-25-27-34(28-26-31)45(40-23-11-18-32-17-7-8-19-35(32)40)41-29-39-43-36(33-15-5-2-6-16-33)22-12-24-42(43)46-44(39)38-21-10-9-20-37(38)41/h1-29H. The van der Waals surface area contributed by atoms with E-state index in [0.29, 0.717) is 0 Å². The van der Waals surface area contributed by atoms with Crippen LogP contribution in [0.4, 0.5) is 17.1 Å². The fourth-order valence-corrected chi connectivity index (χ4v) is 8.16. The van der Waals surface area contributed by atoms with E-state index in [2.05, 4.69) is 181 Å². The van der Waals surface area contributed by atoms with Gasteiger partial charge in [-0.3, -0.25) is 0 Å². The fourth-order valence-electron chi connectivity index (χ4n) is 6.92. The summed E-state index contributed by atoms with van der Waals surface area (Å²) >= 11 is 1.90. The Balaban J connectivity index is 1.36. The maximum absolute atomic E-state index is 2.47. The van der Waals surface area contributed by atoms with E-state index in [1.165, 1.54) is 69.7 Å². The molecule has 0 aliphatic heterocycles. The van der Waals surface area contributed by atoms with Gasteiger partial charge in [0.25, 0.3) is 0 Å². The predicted octanol–water partition coefficient (Wildman–Crippen LogP) is 13.2. The number of hydrogen-bond acceptors (Lipinski definition) is 2. The Morgan fingerprint density at radius 3 is 1.78 bits per heavy atom. The molecule has 0 fully saturated rings. The normalized spacial score (nSPS) is 11.5. The molecule has 0 radical (unpaired) electrons. The molecule has 46 heavy (non-hydrogen) atoms. The molecule has 0 N–H and O–H groups in total. The third-order valence-electron chi connectivity index (χ3n) is 9.05. The van der Waals surface area contributed by atoms with Gasteiger partial charge in [-0.05, 0) is 58.0 Å². The van der Waals surface area contributed by atoms with Crippen LogP contribution in [-0.2, 0) is 0 Å². The third kappa shape index (κ3) is 4.38. The zero-order valence-electron chi connectivity index (χ0n) is 25.1. The molecule has 0 aliphatic rings. The van der Waals surface area contributed by atoms with Gasteiger partial charge in [0.15, 0.2) is 0 Å². The Hall–Kier alpha value is -5.70. The van der Waals surface area contributed by atoms with Crippen molar-refractivity contribution in [3.05, 3.63) is 176 Å². The van der Waals surface area contributed by atoms with Gasteiger partial charge in [0.2, 0.25) is 0 Å². The highest BCUT2D eigenvalue weighted by Crippen LogP contribution is 2.49. The smallest absolute Gasteiger partial charge is 0.0547 e. The van der Waals surface area contributed by atoms with Gasteiger partial charge >= 0.3 is 0 Å². The highest BCUT2D eigenvalue weighted by atomic mass is 32.1. The number of nitrogens with zero attached hydrogens (tertiary/aromatic N) is 1. The number of thiophene rings is 1. The first-order valence-electron chi connectivity index (χ1n) is 15.7. The second-order valence-corrected chi connectivity index (χ2v) is 12.8. The van der Waals surface area contributed by atoms with Crippen LogP contribution in [0.1, 0.15) is 0 Å². The van der Waals surface area contributed by atoms with Crippen molar-refractivity contribution in [2.24, 2.45) is 0 Å². The summed E-state index contributed by atoms with van der Waals surface area (Å²) in [6.07, 6.45) is 0. The van der Waals surface area contributed by atoms with Crippen LogP contribution in [0.15, 0.2) is 176 Å². The largest absolute Gasteiger partial charge is 0.309 e. The topological polar surface area (TPSA) is 3.24 Å². The summed E-state index contributed by atoms with van der Waals surface area (Å²) < 4.78 is 2.64. The van der Waals surface area contributed by atoms with E-state index in [-0.39, 0.29) is 0 Å². The van der Waals surface area contributed by atoms with Crippen molar-refractivity contribution in [3.63, 3.8) is 0 Å². The molecule has 8 aromatic carbocycles. The predicted molar refractivity (Wildman–Crippen MR) is 200 cm³/mol. The van der Waals surface area contributed by atoms with E-state index >= 15 is 0 Å². The lowest BCUT2D eigenvalue weighted by Gasteiger charge is -2.28. The van der Waals surface area contributed by atoms with Crippen molar-refractivity contribution in [2.45, 2.75) is 0 Å². The zero-order valence-corrected chi connectivity index (χ0v) is 25.9. The number of rotatable bonds is 5. The van der Waals surface area contributed by atoms with Crippen LogP contribution in [-0.4, -0.2) is 0 Å². The second-order valence-electron chi connectivity index (χ2n) is 11.7. The van der Waals surface area contributed by atoms with Gasteiger partial charge in [-0.2, -0.15) is 0 Å². The molecule has 0 amide bonds. The molecule has 0 spiro atoms. The summed E-state index contributed by atoms with van der Waals surface area (Å²) in [6, 6.07) is 63.9. The fraction of sp³-hybridized carbons (Fsp3) is 0. The van der Waals surface area contributed by atoms with Gasteiger partial charge in [0.05, 0.1) is 11.4 Å². The Morgan fingerprint density at radius 1 is 0.391 bits per heavy atom. The molecule has 0 bridgehead atoms. The van der Waals surface area contributed by atoms with E-state index in [1.54, 1.807) is 0 Å². The van der Waals surface area contributed by atoms with Gasteiger partial charge in [-0.1, -0.05) is 146 Å². The molecule has 9 rings (SSSR count). The third-order valence-corrected chi connectivity index (χ3v) is 10.3. The average molecular weight is 604 g/mol. The summed E-state index contributed by atoms with van der Waals surface area (Å²) in [7, 11) is 0. The first kappa shape index (κ1) is 26.7. The van der Waals surface area contributed by atoms with Gasteiger partial charge < -0.3 is 4.90 Å². The van der Waals surface area contributed by atoms with Crippen molar-refractivity contribution in [3.8, 4) is 22.3 Å². The lowest BCUT2D eigenvalue weighted by molar-refractivity contribution is 1.32. The van der Waals surface area contributed by atoms with Crippen molar-refractivity contribution in [1.82, 2.24) is 0 Å². The average Bonchev–Trinajstić information content (AvgIpc) is 3.52. The maximum atomic E-state index is 2.47. The summed E-state index contributed by atoms with van der Waals surface area (Å²) in [4.78, 5) is 2.47. The molecule has 1 heterocycles. The molecule has 0 saturated carbocycles. The minimum Gasteiger partial charge on any atom is -0.309 e. The summed E-state index contributed by atoms with van der Waals surface area (Å²) in [5.41, 5.74) is 8.41. The molecular formula is C44H29NS. The van der Waals surface area contributed by atoms with Crippen molar-refractivity contribution in [2.75, 3.05) is 4.90 Å². The van der Waals surface area contributed by atoms with E-state index in [1.807, 2.05) is 11.3 Å². The van der Waals surface area contributed by atoms with Crippen molar-refractivity contribution >= 4 is 70.1 Å². The lowest BCUT2D eigenvalue weighted by atomic mass is 9.96. The maximum Gasteiger partial charge on any atom is 0.0547 e. The van der Waals surface area contributed by atoms with Crippen LogP contribution < -0.4 is 4.90 Å². The number of benzene rings is 8. The Kier molecular flexibility index (Phi) is 6.40. The molecular weight excluding hydrogens is 575 g/mol. The Labute approximate surface area is 272 Å². The number of fused-ring (bicyclic) bond motifs is 6. The van der Waals surface area contributed by atoms with E-state index in [4.69, 9.17) is 0 Å². The van der Waals surface area contributed by atoms with E-state index in [9.17, 15) is 0 Å². The molecule has 0 saturated heterocycles. The quantitative estimate of drug-likeness (QED) is 0.189. The molecule has 0 unspecified atom stereocenters. The number of anilines is 3. The molecule has 0 aliphatic carbocycles. The van der Waals surface area contributed by atoms with Crippen LogP contribution in [0.25, 0.3) is 64.0 Å². The van der Waals surface area contributed by atoms with E-state index in [0.717, 1.165) is 11.4 Å². The summed E-state index contributed by atoms with van der Waals surface area (Å²) in [5.74, 6) is 0. The molecule has 2 heteroatoms. The lowest BCUT2D eigenvalue weighted by Crippen LogP contribution is -2.11. The molecule has 216 valence electrons. The Morgan fingerprint density at radius 2 is 1.00 bits per heavy atom. The van der Waals surface area contributed by atoms with E-state index < -0.39 is 0 Å². The molecule has 0 atom stereocenters. The molecule has 1 nitrogen and oxygen atoms in total. The summed E-state index contributed by atoms with van der Waals surface area (Å²) in [5, 5.41) is 7.58. The minimum atomic E-state index is 1.13. The highest BCUT2D eigenvalue weighted by molar-refractivity contribution is 7.26.